The third-order valence-electron chi connectivity index (χ3n) is 4.75. The Morgan fingerprint density at radius 3 is 2.59 bits per heavy atom. The highest BCUT2D eigenvalue weighted by Crippen LogP contribution is 2.20. The lowest BCUT2D eigenvalue weighted by Crippen LogP contribution is -2.32. The number of benzene rings is 1. The Hall–Kier alpha value is -3.11. The Kier molecular flexibility index (Phi) is 6.68. The maximum absolute atomic E-state index is 12.8. The summed E-state index contributed by atoms with van der Waals surface area (Å²) >= 11 is 1.13. The Balaban J connectivity index is 2.03. The molecule has 1 aliphatic heterocycles. The number of carbonyl (C=O) groups excluding carboxylic acids is 1. The Morgan fingerprint density at radius 2 is 2.00 bits per heavy atom. The van der Waals surface area contributed by atoms with E-state index in [1.54, 1.807) is 13.0 Å². The van der Waals surface area contributed by atoms with Crippen molar-refractivity contribution in [3.63, 3.8) is 0 Å². The van der Waals surface area contributed by atoms with Crippen LogP contribution in [0.5, 0.6) is 0 Å². The van der Waals surface area contributed by atoms with Crippen molar-refractivity contribution in [1.82, 2.24) is 4.57 Å². The standard InChI is InChI=1S/C22H23N3O3S/c1-3-13-28-22(27)18(15-23)21-25(4-2)20(26)19(29-21)14-16-7-9-17(10-8-16)24-11-5-6-12-24/h3,7-10,14H,1,4-6,11-13H2,2H3/b19-14?,21-18-. The number of anilines is 1. The van der Waals surface area contributed by atoms with E-state index in [0.717, 1.165) is 30.0 Å². The molecule has 0 atom stereocenters. The predicted octanol–water partition coefficient (Wildman–Crippen LogP) is 1.76. The Bertz CT molecular complexity index is 1110. The van der Waals surface area contributed by atoms with E-state index >= 15 is 0 Å². The fourth-order valence-corrected chi connectivity index (χ4v) is 4.44. The minimum Gasteiger partial charge on any atom is -0.457 e. The molecule has 150 valence electrons. The van der Waals surface area contributed by atoms with Gasteiger partial charge in [0.1, 0.15) is 17.3 Å². The van der Waals surface area contributed by atoms with Crippen molar-refractivity contribution in [3.8, 4) is 6.07 Å². The highest BCUT2D eigenvalue weighted by Gasteiger charge is 2.16. The summed E-state index contributed by atoms with van der Waals surface area (Å²) in [6, 6.07) is 9.97. The van der Waals surface area contributed by atoms with E-state index in [9.17, 15) is 14.9 Å². The van der Waals surface area contributed by atoms with E-state index in [1.807, 2.05) is 18.2 Å². The molecule has 1 aromatic carbocycles. The number of nitriles is 1. The van der Waals surface area contributed by atoms with Crippen molar-refractivity contribution in [2.24, 2.45) is 0 Å². The highest BCUT2D eigenvalue weighted by atomic mass is 32.1. The summed E-state index contributed by atoms with van der Waals surface area (Å²) in [5.41, 5.74) is 1.69. The van der Waals surface area contributed by atoms with Crippen molar-refractivity contribution in [2.45, 2.75) is 26.3 Å². The summed E-state index contributed by atoms with van der Waals surface area (Å²) in [6.45, 7) is 7.81. The molecule has 0 N–H and O–H groups in total. The van der Waals surface area contributed by atoms with Crippen LogP contribution in [-0.2, 0) is 16.1 Å². The number of ether oxygens (including phenoxy) is 1. The van der Waals surface area contributed by atoms with Crippen LogP contribution in [0.25, 0.3) is 11.6 Å². The summed E-state index contributed by atoms with van der Waals surface area (Å²) in [7, 11) is 0. The second kappa shape index (κ2) is 9.39. The van der Waals surface area contributed by atoms with E-state index in [0.29, 0.717) is 15.7 Å². The molecule has 2 heterocycles. The molecule has 0 unspecified atom stereocenters. The van der Waals surface area contributed by atoms with E-state index in [1.165, 1.54) is 29.2 Å². The molecule has 1 aromatic heterocycles. The van der Waals surface area contributed by atoms with Crippen LogP contribution in [0.15, 0.2) is 41.7 Å². The molecule has 0 aliphatic carbocycles. The molecule has 0 radical (unpaired) electrons. The van der Waals surface area contributed by atoms with Gasteiger partial charge in [0, 0.05) is 25.3 Å². The first-order chi connectivity index (χ1) is 14.1. The van der Waals surface area contributed by atoms with Gasteiger partial charge in [-0.1, -0.05) is 24.8 Å². The van der Waals surface area contributed by atoms with Crippen molar-refractivity contribution in [3.05, 3.63) is 62.0 Å². The number of hydrogen-bond acceptors (Lipinski definition) is 6. The molecular weight excluding hydrogens is 386 g/mol. The maximum Gasteiger partial charge on any atom is 0.352 e. The third kappa shape index (κ3) is 4.49. The largest absolute Gasteiger partial charge is 0.457 e. The van der Waals surface area contributed by atoms with Gasteiger partial charge in [-0.15, -0.1) is 11.3 Å². The maximum atomic E-state index is 12.8. The summed E-state index contributed by atoms with van der Waals surface area (Å²) in [5, 5.41) is 9.46. The first-order valence-electron chi connectivity index (χ1n) is 9.57. The average Bonchev–Trinajstić information content (AvgIpc) is 3.37. The molecule has 1 aliphatic rings. The minimum atomic E-state index is -0.752. The lowest BCUT2D eigenvalue weighted by Gasteiger charge is -2.17. The number of esters is 1. The molecule has 29 heavy (non-hydrogen) atoms. The molecule has 1 saturated heterocycles. The normalized spacial score (nSPS) is 15.2. The summed E-state index contributed by atoms with van der Waals surface area (Å²) in [6.07, 6.45) is 5.66. The molecule has 0 amide bonds. The van der Waals surface area contributed by atoms with E-state index in [-0.39, 0.29) is 17.7 Å². The second-order valence-corrected chi connectivity index (χ2v) is 7.66. The number of thiazole rings is 1. The third-order valence-corrected chi connectivity index (χ3v) is 5.88. The van der Waals surface area contributed by atoms with Gasteiger partial charge in [0.05, 0.1) is 4.53 Å². The topological polar surface area (TPSA) is 75.3 Å². The van der Waals surface area contributed by atoms with Gasteiger partial charge in [-0.25, -0.2) is 4.79 Å². The second-order valence-electron chi connectivity index (χ2n) is 6.62. The SMILES string of the molecule is C=CCOC(=O)/C(C#N)=c1\sc(=Cc2ccc(N3CCCC3)cc2)c(=O)n1CC. The van der Waals surface area contributed by atoms with Gasteiger partial charge >= 0.3 is 5.97 Å². The van der Waals surface area contributed by atoms with Gasteiger partial charge < -0.3 is 9.64 Å². The number of hydrogen-bond donors (Lipinski definition) is 0. The van der Waals surface area contributed by atoms with E-state index in [2.05, 4.69) is 23.6 Å². The fourth-order valence-electron chi connectivity index (χ4n) is 3.29. The van der Waals surface area contributed by atoms with Crippen molar-refractivity contribution in [1.29, 1.82) is 5.26 Å². The number of aromatic nitrogens is 1. The quantitative estimate of drug-likeness (QED) is 0.537. The minimum absolute atomic E-state index is 0.00803. The van der Waals surface area contributed by atoms with Crippen LogP contribution in [0.3, 0.4) is 0 Å². The molecule has 3 rings (SSSR count). The van der Waals surface area contributed by atoms with Gasteiger partial charge in [-0.3, -0.25) is 9.36 Å². The van der Waals surface area contributed by atoms with Crippen LogP contribution in [0.1, 0.15) is 25.3 Å². The molecule has 0 saturated carbocycles. The van der Waals surface area contributed by atoms with Crippen molar-refractivity contribution < 1.29 is 9.53 Å². The fraction of sp³-hybridized carbons (Fsp3) is 0.318. The lowest BCUT2D eigenvalue weighted by molar-refractivity contribution is -0.135. The zero-order valence-electron chi connectivity index (χ0n) is 16.4. The number of nitrogens with zero attached hydrogens (tertiary/aromatic N) is 3. The lowest BCUT2D eigenvalue weighted by atomic mass is 10.2. The molecule has 0 bridgehead atoms. The monoisotopic (exact) mass is 409 g/mol. The number of carbonyl (C=O) groups is 1. The van der Waals surface area contributed by atoms with Crippen LogP contribution >= 0.6 is 11.3 Å². The average molecular weight is 410 g/mol. The number of rotatable bonds is 6. The van der Waals surface area contributed by atoms with Crippen LogP contribution < -0.4 is 19.7 Å². The molecular formula is C22H23N3O3S. The molecule has 1 fully saturated rings. The van der Waals surface area contributed by atoms with Gasteiger partial charge in [0.2, 0.25) is 0 Å². The van der Waals surface area contributed by atoms with E-state index < -0.39 is 5.97 Å². The molecule has 2 aromatic rings. The molecule has 6 nitrogen and oxygen atoms in total. The molecule has 7 heteroatoms. The van der Waals surface area contributed by atoms with Crippen molar-refractivity contribution >= 4 is 34.6 Å². The Labute approximate surface area is 173 Å². The van der Waals surface area contributed by atoms with Gasteiger partial charge in [0.25, 0.3) is 5.56 Å². The van der Waals surface area contributed by atoms with Gasteiger partial charge in [-0.2, -0.15) is 5.26 Å². The van der Waals surface area contributed by atoms with Crippen LogP contribution in [0.2, 0.25) is 0 Å². The zero-order valence-corrected chi connectivity index (χ0v) is 17.2. The molecule has 0 spiro atoms. The van der Waals surface area contributed by atoms with E-state index in [4.69, 9.17) is 4.74 Å². The van der Waals surface area contributed by atoms with Crippen LogP contribution in [0.4, 0.5) is 5.69 Å². The summed E-state index contributed by atoms with van der Waals surface area (Å²) < 4.78 is 7.21. The predicted molar refractivity (Wildman–Crippen MR) is 115 cm³/mol. The first kappa shape index (κ1) is 20.6. The highest BCUT2D eigenvalue weighted by molar-refractivity contribution is 7.07. The summed E-state index contributed by atoms with van der Waals surface area (Å²) in [5.74, 6) is -0.752. The van der Waals surface area contributed by atoms with Crippen molar-refractivity contribution in [2.75, 3.05) is 24.6 Å². The van der Waals surface area contributed by atoms with Gasteiger partial charge in [-0.05, 0) is 43.5 Å². The first-order valence-corrected chi connectivity index (χ1v) is 10.4. The van der Waals surface area contributed by atoms with Gasteiger partial charge in [0.15, 0.2) is 5.57 Å². The summed E-state index contributed by atoms with van der Waals surface area (Å²) in [4.78, 5) is 27.3. The Morgan fingerprint density at radius 1 is 1.31 bits per heavy atom. The zero-order chi connectivity index (χ0) is 20.8. The smallest absolute Gasteiger partial charge is 0.352 e. The van der Waals surface area contributed by atoms with Crippen LogP contribution in [0, 0.1) is 11.3 Å². The van der Waals surface area contributed by atoms with Crippen LogP contribution in [-0.4, -0.2) is 30.2 Å².